The highest BCUT2D eigenvalue weighted by molar-refractivity contribution is 7.87. The average molecular weight is 538 g/mol. The summed E-state index contributed by atoms with van der Waals surface area (Å²) in [5, 5.41) is 34.2. The van der Waals surface area contributed by atoms with Crippen molar-refractivity contribution in [3.05, 3.63) is 97.6 Å². The van der Waals surface area contributed by atoms with Gasteiger partial charge in [-0.25, -0.2) is 0 Å². The molecule has 1 N–H and O–H groups in total. The van der Waals surface area contributed by atoms with Crippen LogP contribution in [-0.4, -0.2) is 31.3 Å². The van der Waals surface area contributed by atoms with Crippen molar-refractivity contribution in [1.82, 2.24) is 0 Å². The number of nitriles is 1. The highest BCUT2D eigenvalue weighted by atomic mass is 32.2. The van der Waals surface area contributed by atoms with Gasteiger partial charge >= 0.3 is 10.1 Å². The molecule has 13 nitrogen and oxygen atoms in total. The first-order valence-electron chi connectivity index (χ1n) is 10.5. The van der Waals surface area contributed by atoms with Gasteiger partial charge in [0.05, 0.1) is 22.6 Å². The van der Waals surface area contributed by atoms with Crippen LogP contribution in [0, 0.1) is 38.5 Å². The number of hydrogen-bond acceptors (Lipinski definition) is 10. The lowest BCUT2D eigenvalue weighted by atomic mass is 10.1. The van der Waals surface area contributed by atoms with Crippen LogP contribution in [0.25, 0.3) is 6.08 Å². The predicted molar refractivity (Wildman–Crippen MR) is 134 cm³/mol. The normalized spacial score (nSPS) is 11.2. The fraction of sp³-hybridized carbons (Fsp3) is 0.0833. The molecule has 194 valence electrons. The molecule has 0 atom stereocenters. The summed E-state index contributed by atoms with van der Waals surface area (Å²) in [7, 11) is -3.41. The standard InChI is InChI=1S/C24H18N4O9S/c1-15-7-9-18(27(30)31)13-19(15)26-24(29)17(14-25)11-16-8-10-21(22(12-16)36-2)37-38(34,35)23-6-4-3-5-20(23)28(32)33/h3-13H,1-2H3,(H,26,29)/b17-11+. The quantitative estimate of drug-likeness (QED) is 0.136. The molecule has 0 aliphatic heterocycles. The zero-order valence-electron chi connectivity index (χ0n) is 19.8. The molecular formula is C24H18N4O9S. The van der Waals surface area contributed by atoms with E-state index >= 15 is 0 Å². The number of non-ortho nitro benzene ring substituents is 1. The first-order chi connectivity index (χ1) is 18.0. The molecule has 0 aromatic heterocycles. The average Bonchev–Trinajstić information content (AvgIpc) is 2.88. The Morgan fingerprint density at radius 2 is 1.74 bits per heavy atom. The highest BCUT2D eigenvalue weighted by Gasteiger charge is 2.28. The van der Waals surface area contributed by atoms with Crippen LogP contribution < -0.4 is 14.2 Å². The van der Waals surface area contributed by atoms with E-state index in [4.69, 9.17) is 8.92 Å². The minimum Gasteiger partial charge on any atom is -0.493 e. The van der Waals surface area contributed by atoms with Gasteiger partial charge < -0.3 is 14.2 Å². The van der Waals surface area contributed by atoms with E-state index in [2.05, 4.69) is 5.32 Å². The number of methoxy groups -OCH3 is 1. The van der Waals surface area contributed by atoms with Gasteiger partial charge in [-0.2, -0.15) is 13.7 Å². The summed E-state index contributed by atoms with van der Waals surface area (Å²) in [6, 6.07) is 14.1. The largest absolute Gasteiger partial charge is 0.493 e. The zero-order valence-corrected chi connectivity index (χ0v) is 20.6. The minimum absolute atomic E-state index is 0.104. The molecule has 0 unspecified atom stereocenters. The number of carbonyl (C=O) groups is 1. The fourth-order valence-electron chi connectivity index (χ4n) is 3.19. The summed E-state index contributed by atoms with van der Waals surface area (Å²) in [5.74, 6) is -1.24. The van der Waals surface area contributed by atoms with Crippen LogP contribution >= 0.6 is 0 Å². The number of para-hydroxylation sites is 1. The second kappa shape index (κ2) is 11.2. The van der Waals surface area contributed by atoms with Crippen LogP contribution in [0.2, 0.25) is 0 Å². The molecule has 14 heteroatoms. The SMILES string of the molecule is COc1cc(/C=C(\C#N)C(=O)Nc2cc([N+](=O)[O-])ccc2C)ccc1OS(=O)(=O)c1ccccc1[N+](=O)[O-]. The Kier molecular flexibility index (Phi) is 8.04. The fourth-order valence-corrected chi connectivity index (χ4v) is 4.30. The maximum absolute atomic E-state index is 12.7. The van der Waals surface area contributed by atoms with Crippen LogP contribution in [0.4, 0.5) is 17.1 Å². The molecule has 0 aliphatic rings. The second-order valence-electron chi connectivity index (χ2n) is 7.55. The van der Waals surface area contributed by atoms with Crippen molar-refractivity contribution in [2.75, 3.05) is 12.4 Å². The summed E-state index contributed by atoms with van der Waals surface area (Å²) in [6.45, 7) is 1.62. The maximum Gasteiger partial charge on any atom is 0.346 e. The maximum atomic E-state index is 12.7. The van der Waals surface area contributed by atoms with E-state index in [1.54, 1.807) is 13.0 Å². The van der Waals surface area contributed by atoms with Gasteiger partial charge in [-0.1, -0.05) is 24.3 Å². The van der Waals surface area contributed by atoms with Crippen molar-refractivity contribution < 1.29 is 32.0 Å². The minimum atomic E-state index is -4.63. The Morgan fingerprint density at radius 3 is 2.37 bits per heavy atom. The summed E-state index contributed by atoms with van der Waals surface area (Å²) in [5.41, 5.74) is -0.353. The number of nitro groups is 2. The van der Waals surface area contributed by atoms with Crippen LogP contribution in [0.1, 0.15) is 11.1 Å². The molecule has 0 bridgehead atoms. The third kappa shape index (κ3) is 6.09. The van der Waals surface area contributed by atoms with Crippen molar-refractivity contribution in [2.45, 2.75) is 11.8 Å². The van der Waals surface area contributed by atoms with E-state index < -0.39 is 36.5 Å². The van der Waals surface area contributed by atoms with E-state index in [9.17, 15) is 38.7 Å². The Morgan fingerprint density at radius 1 is 1.03 bits per heavy atom. The molecule has 0 aliphatic carbocycles. The number of aryl methyl sites for hydroxylation is 1. The predicted octanol–water partition coefficient (Wildman–Crippen LogP) is 4.13. The number of carbonyl (C=O) groups excluding carboxylic acids is 1. The molecule has 3 aromatic rings. The van der Waals surface area contributed by atoms with Crippen molar-refractivity contribution in [1.29, 1.82) is 5.26 Å². The van der Waals surface area contributed by atoms with Gasteiger partial charge in [-0.3, -0.25) is 25.0 Å². The molecule has 3 aromatic carbocycles. The number of ether oxygens (including phenoxy) is 1. The number of nitro benzene ring substituents is 2. The second-order valence-corrected chi connectivity index (χ2v) is 9.07. The van der Waals surface area contributed by atoms with Gasteiger partial charge in [0.2, 0.25) is 0 Å². The molecule has 38 heavy (non-hydrogen) atoms. The number of rotatable bonds is 9. The monoisotopic (exact) mass is 538 g/mol. The third-order valence-corrected chi connectivity index (χ3v) is 6.36. The lowest BCUT2D eigenvalue weighted by Crippen LogP contribution is -2.14. The van der Waals surface area contributed by atoms with E-state index in [1.165, 1.54) is 55.7 Å². The van der Waals surface area contributed by atoms with Gasteiger partial charge in [0.15, 0.2) is 16.4 Å². The van der Waals surface area contributed by atoms with Gasteiger partial charge in [0, 0.05) is 18.2 Å². The third-order valence-electron chi connectivity index (χ3n) is 5.07. The molecular weight excluding hydrogens is 520 g/mol. The van der Waals surface area contributed by atoms with Gasteiger partial charge in [-0.15, -0.1) is 0 Å². The van der Waals surface area contributed by atoms with Gasteiger partial charge in [0.25, 0.3) is 17.3 Å². The van der Waals surface area contributed by atoms with Gasteiger partial charge in [0.1, 0.15) is 11.6 Å². The van der Waals surface area contributed by atoms with E-state index in [0.717, 1.165) is 18.2 Å². The van der Waals surface area contributed by atoms with Crippen molar-refractivity contribution in [2.24, 2.45) is 0 Å². The Bertz CT molecular complexity index is 1630. The number of amides is 1. The number of hydrogen-bond donors (Lipinski definition) is 1. The summed E-state index contributed by atoms with van der Waals surface area (Å²) in [6.07, 6.45) is 1.19. The molecule has 0 fully saturated rings. The Balaban J connectivity index is 1.90. The molecule has 0 saturated heterocycles. The summed E-state index contributed by atoms with van der Waals surface area (Å²) >= 11 is 0. The van der Waals surface area contributed by atoms with Gasteiger partial charge in [-0.05, 0) is 42.3 Å². The summed E-state index contributed by atoms with van der Waals surface area (Å²) in [4.78, 5) is 32.8. The van der Waals surface area contributed by atoms with E-state index in [0.29, 0.717) is 5.56 Å². The molecule has 0 spiro atoms. The Hall–Kier alpha value is -5.29. The smallest absolute Gasteiger partial charge is 0.346 e. The number of nitrogens with one attached hydrogen (secondary N) is 1. The molecule has 0 radical (unpaired) electrons. The van der Waals surface area contributed by atoms with Crippen molar-refractivity contribution in [3.8, 4) is 17.6 Å². The number of benzene rings is 3. The highest BCUT2D eigenvalue weighted by Crippen LogP contribution is 2.33. The van der Waals surface area contributed by atoms with Crippen molar-refractivity contribution >= 4 is 39.2 Å². The Labute approximate surface area is 216 Å². The van der Waals surface area contributed by atoms with Crippen molar-refractivity contribution in [3.63, 3.8) is 0 Å². The zero-order chi connectivity index (χ0) is 28.0. The van der Waals surface area contributed by atoms with E-state index in [-0.39, 0.29) is 34.0 Å². The van der Waals surface area contributed by atoms with Crippen LogP contribution in [0.15, 0.2) is 71.1 Å². The molecule has 0 saturated carbocycles. The molecule has 1 amide bonds. The topological polar surface area (TPSA) is 192 Å². The number of nitrogens with zero attached hydrogens (tertiary/aromatic N) is 3. The summed E-state index contributed by atoms with van der Waals surface area (Å²) < 4.78 is 35.7. The first-order valence-corrected chi connectivity index (χ1v) is 11.9. The molecule has 0 heterocycles. The lowest BCUT2D eigenvalue weighted by molar-refractivity contribution is -0.387. The number of anilines is 1. The van der Waals surface area contributed by atoms with E-state index in [1.807, 2.05) is 0 Å². The first kappa shape index (κ1) is 27.3. The van der Waals surface area contributed by atoms with Crippen LogP contribution in [0.3, 0.4) is 0 Å². The molecule has 3 rings (SSSR count). The van der Waals surface area contributed by atoms with Crippen LogP contribution in [0.5, 0.6) is 11.5 Å². The lowest BCUT2D eigenvalue weighted by Gasteiger charge is -2.12. The van der Waals surface area contributed by atoms with Crippen LogP contribution in [-0.2, 0) is 14.9 Å².